The number of nitrogens with one attached hydrogen (secondary N) is 1. The van der Waals surface area contributed by atoms with Crippen LogP contribution in [0.25, 0.3) is 0 Å². The van der Waals surface area contributed by atoms with Crippen molar-refractivity contribution in [3.63, 3.8) is 0 Å². The lowest BCUT2D eigenvalue weighted by Gasteiger charge is -2.29. The maximum Gasteiger partial charge on any atom is 0.417 e. The van der Waals surface area contributed by atoms with Crippen molar-refractivity contribution in [3.05, 3.63) is 77.9 Å². The zero-order valence-corrected chi connectivity index (χ0v) is 23.3. The molecule has 212 valence electrons. The summed E-state index contributed by atoms with van der Waals surface area (Å²) in [7, 11) is 0. The zero-order valence-electron chi connectivity index (χ0n) is 22.5. The second-order valence-electron chi connectivity index (χ2n) is 10.1. The van der Waals surface area contributed by atoms with Crippen LogP contribution in [-0.4, -0.2) is 32.3 Å². The molecule has 1 aliphatic rings. The van der Waals surface area contributed by atoms with E-state index in [1.165, 1.54) is 29.2 Å². The largest absolute Gasteiger partial charge is 0.508 e. The molecule has 0 spiro atoms. The molecule has 1 heterocycles. The smallest absolute Gasteiger partial charge is 0.417 e. The first-order valence-corrected chi connectivity index (χ1v) is 12.5. The van der Waals surface area contributed by atoms with Crippen molar-refractivity contribution in [1.29, 1.82) is 10.5 Å². The van der Waals surface area contributed by atoms with Gasteiger partial charge in [0.05, 0.1) is 29.0 Å². The lowest BCUT2D eigenvalue weighted by molar-refractivity contribution is -0.137. The number of aromatic hydroxyl groups is 2. The number of halogens is 3. The fourth-order valence-electron chi connectivity index (χ4n) is 3.99. The van der Waals surface area contributed by atoms with Crippen LogP contribution in [0.4, 0.5) is 30.2 Å². The van der Waals surface area contributed by atoms with Gasteiger partial charge >= 0.3 is 6.18 Å². The van der Waals surface area contributed by atoms with E-state index in [1.807, 2.05) is 0 Å². The van der Waals surface area contributed by atoms with Crippen molar-refractivity contribution in [3.8, 4) is 23.6 Å². The van der Waals surface area contributed by atoms with E-state index >= 15 is 0 Å². The summed E-state index contributed by atoms with van der Waals surface area (Å²) in [5, 5.41) is 39.2. The summed E-state index contributed by atoms with van der Waals surface area (Å²) in [5.74, 6) is -0.263. The molecule has 0 atom stereocenters. The van der Waals surface area contributed by atoms with Crippen molar-refractivity contribution in [2.24, 2.45) is 0 Å². The number of alkyl halides is 3. The first-order valence-electron chi connectivity index (χ1n) is 12.1. The van der Waals surface area contributed by atoms with E-state index in [2.05, 4.69) is 11.4 Å². The van der Waals surface area contributed by atoms with E-state index in [0.29, 0.717) is 5.69 Å². The molecular weight excluding hydrogens is 555 g/mol. The molecule has 12 heteroatoms. The number of amides is 1. The Labute approximate surface area is 240 Å². The van der Waals surface area contributed by atoms with Crippen LogP contribution < -0.4 is 15.1 Å². The molecule has 3 N–H and O–H groups in total. The Morgan fingerprint density at radius 1 is 0.902 bits per heavy atom. The Bertz CT molecular complexity index is 1540. The molecule has 0 unspecified atom stereocenters. The van der Waals surface area contributed by atoms with Gasteiger partial charge in [-0.2, -0.15) is 23.7 Å². The van der Waals surface area contributed by atoms with E-state index in [0.717, 1.165) is 22.7 Å². The predicted molar refractivity (Wildman–Crippen MR) is 152 cm³/mol. The molecule has 0 bridgehead atoms. The summed E-state index contributed by atoms with van der Waals surface area (Å²) in [6.07, 6.45) is -4.75. The van der Waals surface area contributed by atoms with E-state index in [1.54, 1.807) is 64.1 Å². The highest BCUT2D eigenvalue weighted by Gasteiger charge is 2.50. The summed E-state index contributed by atoms with van der Waals surface area (Å²) in [4.78, 5) is 15.5. The van der Waals surface area contributed by atoms with Crippen LogP contribution in [0.3, 0.4) is 0 Å². The summed E-state index contributed by atoms with van der Waals surface area (Å²) in [6.45, 7) is 6.78. The van der Waals surface area contributed by atoms with Crippen LogP contribution in [0.15, 0.2) is 66.7 Å². The number of phenols is 2. The van der Waals surface area contributed by atoms with Crippen LogP contribution in [0.5, 0.6) is 11.5 Å². The lowest BCUT2D eigenvalue weighted by atomic mass is 10.0. The number of phenolic OH excluding ortho intramolecular Hbond substituents is 2. The van der Waals surface area contributed by atoms with Crippen LogP contribution in [-0.2, 0) is 11.0 Å². The molecule has 1 fully saturated rings. The number of rotatable bonds is 4. The van der Waals surface area contributed by atoms with Gasteiger partial charge in [0.25, 0.3) is 5.91 Å². The molecule has 0 radical (unpaired) electrons. The molecule has 3 aromatic rings. The second kappa shape index (κ2) is 11.4. The number of hydrogen-bond donors (Lipinski definition) is 3. The molecule has 41 heavy (non-hydrogen) atoms. The topological polar surface area (TPSA) is 124 Å². The van der Waals surface area contributed by atoms with Crippen LogP contribution in [0.1, 0.15) is 38.8 Å². The minimum absolute atomic E-state index is 0.00137. The van der Waals surface area contributed by atoms with Gasteiger partial charge in [0.2, 0.25) is 0 Å². The molecule has 0 saturated carbocycles. The quantitative estimate of drug-likeness (QED) is 0.242. The Balaban J connectivity index is 0.000000298. The van der Waals surface area contributed by atoms with Gasteiger partial charge in [0, 0.05) is 11.4 Å². The molecule has 4 rings (SSSR count). The second-order valence-corrected chi connectivity index (χ2v) is 10.4. The normalized spacial score (nSPS) is 14.6. The van der Waals surface area contributed by atoms with Crippen molar-refractivity contribution in [2.75, 3.05) is 15.1 Å². The number of nitriles is 2. The first kappa shape index (κ1) is 30.7. The number of nitrogens with zero attached hydrogens (tertiary/aromatic N) is 4. The van der Waals surface area contributed by atoms with Crippen molar-refractivity contribution in [1.82, 2.24) is 0 Å². The van der Waals surface area contributed by atoms with E-state index < -0.39 is 34.3 Å². The fourth-order valence-corrected chi connectivity index (χ4v) is 4.52. The standard InChI is InChI=1S/C19H14F3N3O2S.C10H12N2O/c1-18(2)16(27)24(17(28)25(18)12-5-7-14(26)8-6-12)13-4-3-11(10-23)15(9-13)19(20,21)22;1-10(2,7-11)12-8-3-5-9(13)6-4-8/h3-9,26H,1-2H3;3-6,12-13H,1-2H3. The number of carbonyl (C=O) groups is 1. The number of hydrogen-bond acceptors (Lipinski definition) is 7. The summed E-state index contributed by atoms with van der Waals surface area (Å²) < 4.78 is 39.9. The van der Waals surface area contributed by atoms with E-state index in [9.17, 15) is 23.1 Å². The average molecular weight is 582 g/mol. The Kier molecular flexibility index (Phi) is 8.51. The molecule has 0 aliphatic carbocycles. The monoisotopic (exact) mass is 581 g/mol. The molecule has 1 aliphatic heterocycles. The SMILES string of the molecule is CC(C)(C#N)Nc1ccc(O)cc1.CC1(C)C(=O)N(c2ccc(C#N)c(C(F)(F)F)c2)C(=S)N1c1ccc(O)cc1. The van der Waals surface area contributed by atoms with Crippen molar-refractivity contribution < 1.29 is 28.2 Å². The summed E-state index contributed by atoms with van der Waals surface area (Å²) >= 11 is 5.40. The third-order valence-electron chi connectivity index (χ3n) is 6.07. The van der Waals surface area contributed by atoms with Crippen LogP contribution >= 0.6 is 12.2 Å². The van der Waals surface area contributed by atoms with E-state index in [4.69, 9.17) is 27.8 Å². The number of carbonyl (C=O) groups excluding carboxylic acids is 1. The van der Waals surface area contributed by atoms with Crippen molar-refractivity contribution >= 4 is 40.3 Å². The van der Waals surface area contributed by atoms with Gasteiger partial charge in [0.15, 0.2) is 5.11 Å². The van der Waals surface area contributed by atoms with Crippen LogP contribution in [0.2, 0.25) is 0 Å². The van der Waals surface area contributed by atoms with Crippen LogP contribution in [0, 0.1) is 22.7 Å². The Morgan fingerprint density at radius 2 is 1.41 bits per heavy atom. The third kappa shape index (κ3) is 6.68. The summed E-state index contributed by atoms with van der Waals surface area (Å²) in [5.41, 5.74) is -2.17. The average Bonchev–Trinajstić information content (AvgIpc) is 3.08. The van der Waals surface area contributed by atoms with Gasteiger partial charge < -0.3 is 20.4 Å². The number of benzene rings is 3. The maximum atomic E-state index is 13.3. The van der Waals surface area contributed by atoms with Gasteiger partial charge in [-0.05, 0) is 107 Å². The molecule has 1 saturated heterocycles. The molecule has 0 aromatic heterocycles. The Hall–Kier alpha value is -4.81. The fraction of sp³-hybridized carbons (Fsp3) is 0.241. The molecule has 1 amide bonds. The highest BCUT2D eigenvalue weighted by atomic mass is 32.1. The molecular formula is C29H26F3N5O3S. The highest BCUT2D eigenvalue weighted by Crippen LogP contribution is 2.39. The lowest BCUT2D eigenvalue weighted by Crippen LogP contribution is -2.44. The third-order valence-corrected chi connectivity index (χ3v) is 6.43. The Morgan fingerprint density at radius 3 is 1.90 bits per heavy atom. The first-order chi connectivity index (χ1) is 19.0. The highest BCUT2D eigenvalue weighted by molar-refractivity contribution is 7.81. The van der Waals surface area contributed by atoms with Gasteiger partial charge in [0.1, 0.15) is 22.6 Å². The molecule has 3 aromatic carbocycles. The van der Waals surface area contributed by atoms with Gasteiger partial charge in [-0.1, -0.05) is 0 Å². The van der Waals surface area contributed by atoms with Gasteiger partial charge in [-0.15, -0.1) is 0 Å². The zero-order chi connectivity index (χ0) is 30.8. The van der Waals surface area contributed by atoms with E-state index in [-0.39, 0.29) is 22.3 Å². The minimum atomic E-state index is -4.75. The van der Waals surface area contributed by atoms with Gasteiger partial charge in [-0.3, -0.25) is 9.69 Å². The summed E-state index contributed by atoms with van der Waals surface area (Å²) in [6, 6.07) is 19.2. The van der Waals surface area contributed by atoms with Crippen molar-refractivity contribution in [2.45, 2.75) is 44.9 Å². The number of anilines is 3. The minimum Gasteiger partial charge on any atom is -0.508 e. The van der Waals surface area contributed by atoms with Gasteiger partial charge in [-0.25, -0.2) is 0 Å². The maximum absolute atomic E-state index is 13.3. The predicted octanol–water partition coefficient (Wildman–Crippen LogP) is 6.31. The number of thiocarbonyl (C=S) groups is 1. The molecule has 8 nitrogen and oxygen atoms in total.